The summed E-state index contributed by atoms with van der Waals surface area (Å²) >= 11 is 0. The minimum absolute atomic E-state index is 0.0599. The number of allylic oxidation sites excluding steroid dienone is 3. The van der Waals surface area contributed by atoms with Crippen LogP contribution in [0.1, 0.15) is 102 Å². The van der Waals surface area contributed by atoms with Crippen LogP contribution in [0.2, 0.25) is 0 Å². The molecule has 1 aliphatic carbocycles. The number of hydrogen-bond donors (Lipinski definition) is 3. The number of carbonyl (C=O) groups excluding carboxylic acids is 4. The highest BCUT2D eigenvalue weighted by Crippen LogP contribution is 2.48. The molecule has 3 aliphatic heterocycles. The Kier molecular flexibility index (Phi) is 10.4. The molecule has 1 aromatic carbocycles. The number of phenolic OH excluding ortho intramolecular Hbond substituents is 1. The molecule has 4 aliphatic rings. The fourth-order valence-electron chi connectivity index (χ4n) is 7.05. The Bertz CT molecular complexity index is 1880. The van der Waals surface area contributed by atoms with Gasteiger partial charge in [0.05, 0.1) is 46.8 Å². The van der Waals surface area contributed by atoms with Crippen LogP contribution < -0.4 is 4.74 Å². The second-order valence-electron chi connectivity index (χ2n) is 13.8. The Morgan fingerprint density at radius 1 is 0.941 bits per heavy atom. The van der Waals surface area contributed by atoms with Crippen LogP contribution in [0.4, 0.5) is 0 Å². The van der Waals surface area contributed by atoms with E-state index in [4.69, 9.17) is 18.9 Å². The summed E-state index contributed by atoms with van der Waals surface area (Å²) in [5, 5.41) is 33.9. The summed E-state index contributed by atoms with van der Waals surface area (Å²) in [6, 6.07) is 0. The first-order valence-corrected chi connectivity index (χ1v) is 16.8. The number of rotatable bonds is 2. The van der Waals surface area contributed by atoms with Crippen molar-refractivity contribution in [2.75, 3.05) is 7.11 Å². The van der Waals surface area contributed by atoms with Crippen LogP contribution in [0.15, 0.2) is 36.8 Å². The van der Waals surface area contributed by atoms with Crippen molar-refractivity contribution in [3.05, 3.63) is 76.1 Å². The van der Waals surface area contributed by atoms with E-state index >= 15 is 0 Å². The molecular formula is C38H44N2O11. The Labute approximate surface area is 296 Å². The third-order valence-corrected chi connectivity index (χ3v) is 10.3. The van der Waals surface area contributed by atoms with E-state index in [1.807, 2.05) is 0 Å². The number of hydrogen-bond acceptors (Lipinski definition) is 13. The summed E-state index contributed by atoms with van der Waals surface area (Å²) in [6.45, 7) is 12.8. The number of fused-ring (bicyclic) bond motifs is 12. The van der Waals surface area contributed by atoms with Crippen LogP contribution in [0, 0.1) is 30.6 Å². The summed E-state index contributed by atoms with van der Waals surface area (Å²) in [4.78, 5) is 62.9. The van der Waals surface area contributed by atoms with E-state index in [0.717, 1.165) is 0 Å². The lowest BCUT2D eigenvalue weighted by Crippen LogP contribution is -2.46. The number of aliphatic hydroxyl groups is 2. The molecule has 3 N–H and O–H groups in total. The van der Waals surface area contributed by atoms with E-state index in [1.54, 1.807) is 52.8 Å². The first-order valence-electron chi connectivity index (χ1n) is 16.8. The average molecular weight is 705 g/mol. The molecule has 0 radical (unpaired) electrons. The molecule has 0 fully saturated rings. The van der Waals surface area contributed by atoms with Crippen LogP contribution in [0.3, 0.4) is 0 Å². The van der Waals surface area contributed by atoms with Crippen molar-refractivity contribution in [3.8, 4) is 11.5 Å². The van der Waals surface area contributed by atoms with Crippen molar-refractivity contribution in [2.24, 2.45) is 23.7 Å². The fourth-order valence-corrected chi connectivity index (χ4v) is 7.05. The molecule has 0 saturated carbocycles. The average Bonchev–Trinajstić information content (AvgIpc) is 3.36. The second kappa shape index (κ2) is 14.1. The molecule has 0 saturated heterocycles. The Morgan fingerprint density at radius 2 is 1.63 bits per heavy atom. The Balaban J connectivity index is 1.65. The predicted molar refractivity (Wildman–Crippen MR) is 183 cm³/mol. The largest absolute Gasteiger partial charge is 0.507 e. The topological polar surface area (TPSA) is 192 Å². The number of esters is 1. The number of aromatic hydroxyl groups is 1. The molecule has 6 rings (SSSR count). The number of ether oxygens (including phenoxy) is 4. The first kappa shape index (κ1) is 37.5. The fraction of sp³-hybridized carbons (Fsp3) is 0.474. The number of carbonyl (C=O) groups is 4. The number of methoxy groups -OCH3 is 1. The highest BCUT2D eigenvalue weighted by Gasteiger charge is 2.52. The van der Waals surface area contributed by atoms with Gasteiger partial charge in [0.25, 0.3) is 5.78 Å². The molecular weight excluding hydrogens is 660 g/mol. The molecule has 9 atom stereocenters. The van der Waals surface area contributed by atoms with Crippen LogP contribution in [0.25, 0.3) is 5.57 Å². The number of nitrogens with zero attached hydrogens (tertiary/aromatic N) is 2. The molecule has 0 amide bonds. The van der Waals surface area contributed by atoms with E-state index in [9.17, 15) is 34.5 Å². The summed E-state index contributed by atoms with van der Waals surface area (Å²) < 4.78 is 23.3. The SMILES string of the molecule is COC1/C=C/OC2(C)Oc3c(C)c(O)c4c(c3C2=O)C(=O)c2cnc(nc2C4=O)/C(C)=C\C=C\C(C)C(O)C(C)C(O)C(C)C(OC(C)=O)C1C. The molecule has 13 heteroatoms. The van der Waals surface area contributed by atoms with Crippen molar-refractivity contribution >= 4 is 28.9 Å². The quantitative estimate of drug-likeness (QED) is 0.321. The van der Waals surface area contributed by atoms with Gasteiger partial charge in [0, 0.05) is 56.4 Å². The Morgan fingerprint density at radius 3 is 2.27 bits per heavy atom. The zero-order valence-corrected chi connectivity index (χ0v) is 30.1. The number of benzene rings is 1. The molecule has 7 bridgehead atoms. The molecule has 4 heterocycles. The highest BCUT2D eigenvalue weighted by molar-refractivity contribution is 6.32. The van der Waals surface area contributed by atoms with Gasteiger partial charge in [-0.05, 0) is 25.5 Å². The van der Waals surface area contributed by atoms with E-state index in [-0.39, 0.29) is 45.1 Å². The van der Waals surface area contributed by atoms with Gasteiger partial charge >= 0.3 is 11.8 Å². The standard InChI is InChI=1S/C38H44N2O11/c1-16-11-10-12-17(2)37-39-15-23-28(40-37)33(46)26-25(32(23)45)27-35(21(6)31(26)44)51-38(8,36(27)47)49-14-13-24(48-9)18(3)34(50-22(7)41)20(5)30(43)19(4)29(16)42/h10-16,18-20,24,29-30,34,42-44H,1-9H3/b11-10+,14-13+,17-12-. The first-order chi connectivity index (χ1) is 23.9. The lowest BCUT2D eigenvalue weighted by Gasteiger charge is -2.38. The number of Topliss-reactive ketones (excluding diaryl/α,β-unsaturated/α-hetero) is 1. The van der Waals surface area contributed by atoms with Crippen molar-refractivity contribution < 1.29 is 53.4 Å². The van der Waals surface area contributed by atoms with Crippen molar-refractivity contribution in [2.45, 2.75) is 85.6 Å². The van der Waals surface area contributed by atoms with Gasteiger partial charge in [0.15, 0.2) is 11.6 Å². The number of phenols is 1. The van der Waals surface area contributed by atoms with Gasteiger partial charge in [-0.3, -0.25) is 19.2 Å². The second-order valence-corrected chi connectivity index (χ2v) is 13.8. The zero-order valence-electron chi connectivity index (χ0n) is 30.1. The molecule has 9 unspecified atom stereocenters. The minimum atomic E-state index is -2.01. The van der Waals surface area contributed by atoms with Crippen LogP contribution in [-0.2, 0) is 19.0 Å². The third kappa shape index (κ3) is 6.49. The molecule has 51 heavy (non-hydrogen) atoms. The normalized spacial score (nSPS) is 33.2. The number of ketones is 3. The lowest BCUT2D eigenvalue weighted by atomic mass is 9.78. The maximum absolute atomic E-state index is 14.0. The van der Waals surface area contributed by atoms with E-state index in [0.29, 0.717) is 5.57 Å². The van der Waals surface area contributed by atoms with Gasteiger partial charge in [-0.15, -0.1) is 0 Å². The molecule has 1 aromatic heterocycles. The van der Waals surface area contributed by atoms with E-state index in [1.165, 1.54) is 46.4 Å². The van der Waals surface area contributed by atoms with Crippen LogP contribution in [0.5, 0.6) is 11.5 Å². The summed E-state index contributed by atoms with van der Waals surface area (Å²) in [6.07, 6.45) is 5.28. The van der Waals surface area contributed by atoms with Crippen molar-refractivity contribution in [1.82, 2.24) is 9.97 Å². The van der Waals surface area contributed by atoms with Gasteiger partial charge < -0.3 is 34.3 Å². The third-order valence-electron chi connectivity index (χ3n) is 10.3. The van der Waals surface area contributed by atoms with E-state index < -0.39 is 82.9 Å². The van der Waals surface area contributed by atoms with Crippen LogP contribution in [-0.4, -0.2) is 85.9 Å². The summed E-state index contributed by atoms with van der Waals surface area (Å²) in [5.74, 6) is -7.61. The number of aliphatic hydroxyl groups excluding tert-OH is 2. The van der Waals surface area contributed by atoms with Gasteiger partial charge in [0.2, 0.25) is 5.78 Å². The van der Waals surface area contributed by atoms with Crippen molar-refractivity contribution in [3.63, 3.8) is 0 Å². The van der Waals surface area contributed by atoms with Gasteiger partial charge in [-0.25, -0.2) is 9.97 Å². The zero-order chi connectivity index (χ0) is 37.7. The summed E-state index contributed by atoms with van der Waals surface area (Å²) in [5.41, 5.74) is -0.667. The monoisotopic (exact) mass is 704 g/mol. The van der Waals surface area contributed by atoms with Crippen LogP contribution >= 0.6 is 0 Å². The van der Waals surface area contributed by atoms with Crippen molar-refractivity contribution in [1.29, 1.82) is 0 Å². The van der Waals surface area contributed by atoms with E-state index in [2.05, 4.69) is 9.97 Å². The highest BCUT2D eigenvalue weighted by atomic mass is 16.7. The van der Waals surface area contributed by atoms with Gasteiger partial charge in [-0.1, -0.05) is 45.9 Å². The smallest absolute Gasteiger partial charge is 0.312 e. The van der Waals surface area contributed by atoms with Gasteiger partial charge in [-0.2, -0.15) is 0 Å². The summed E-state index contributed by atoms with van der Waals surface area (Å²) in [7, 11) is 1.43. The minimum Gasteiger partial charge on any atom is -0.507 e. The predicted octanol–water partition coefficient (Wildman–Crippen LogP) is 4.27. The molecule has 13 nitrogen and oxygen atoms in total. The van der Waals surface area contributed by atoms with Gasteiger partial charge in [0.1, 0.15) is 23.3 Å². The maximum atomic E-state index is 14.0. The number of aromatic nitrogens is 2. The Hall–Kier alpha value is -4.72. The maximum Gasteiger partial charge on any atom is 0.312 e. The molecule has 272 valence electrons. The molecule has 0 spiro atoms. The lowest BCUT2D eigenvalue weighted by molar-refractivity contribution is -0.160. The molecule has 2 aromatic rings.